The summed E-state index contributed by atoms with van der Waals surface area (Å²) in [5.74, 6) is -6.73. The summed E-state index contributed by atoms with van der Waals surface area (Å²) in [6.45, 7) is -0.552. The minimum atomic E-state index is -1.81. The highest BCUT2D eigenvalue weighted by Gasteiger charge is 2.30. The Kier molecular flexibility index (Phi) is 13.9. The van der Waals surface area contributed by atoms with E-state index in [1.165, 1.54) is 0 Å². The number of hydrogen-bond donors (Lipinski definition) is 9. The Morgan fingerprint density at radius 1 is 0.788 bits per heavy atom. The zero-order valence-corrected chi connectivity index (χ0v) is 18.0. The highest BCUT2D eigenvalue weighted by atomic mass is 16.4. The number of nitrogens with one attached hydrogen (secondary N) is 3. The molecule has 0 rings (SSSR count). The molecule has 0 heterocycles. The summed E-state index contributed by atoms with van der Waals surface area (Å²) >= 11 is 0. The zero-order chi connectivity index (χ0) is 25.6. The maximum Gasteiger partial charge on any atom is 0.326 e. The third kappa shape index (κ3) is 12.4. The molecule has 0 saturated carbocycles. The fourth-order valence-corrected chi connectivity index (χ4v) is 2.59. The molecule has 15 heteroatoms. The smallest absolute Gasteiger partial charge is 0.326 e. The molecule has 0 aliphatic rings. The van der Waals surface area contributed by atoms with Crippen LogP contribution in [0.1, 0.15) is 38.5 Å². The summed E-state index contributed by atoms with van der Waals surface area (Å²) < 4.78 is 0. The van der Waals surface area contributed by atoms with Crippen LogP contribution in [0, 0.1) is 0 Å². The van der Waals surface area contributed by atoms with Crippen LogP contribution < -0.4 is 33.2 Å². The highest BCUT2D eigenvalue weighted by Crippen LogP contribution is 2.03. The van der Waals surface area contributed by atoms with E-state index in [9.17, 15) is 33.9 Å². The average molecular weight is 476 g/mol. The lowest BCUT2D eigenvalue weighted by Crippen LogP contribution is -2.58. The Morgan fingerprint density at radius 2 is 1.33 bits per heavy atom. The molecule has 33 heavy (non-hydrogen) atoms. The lowest BCUT2D eigenvalue weighted by molar-refractivity contribution is -0.147. The molecule has 0 aromatic rings. The molecule has 0 fully saturated rings. The Labute approximate surface area is 189 Å². The molecule has 0 aliphatic heterocycles. The quantitative estimate of drug-likeness (QED) is 0.0905. The molecule has 0 bridgehead atoms. The van der Waals surface area contributed by atoms with Gasteiger partial charge in [-0.2, -0.15) is 0 Å². The third-order valence-corrected chi connectivity index (χ3v) is 4.43. The highest BCUT2D eigenvalue weighted by molar-refractivity contribution is 5.94. The van der Waals surface area contributed by atoms with E-state index in [1.807, 2.05) is 5.32 Å². The summed E-state index contributed by atoms with van der Waals surface area (Å²) in [5.41, 5.74) is 16.2. The molecule has 4 atom stereocenters. The molecule has 12 N–H and O–H groups in total. The molecular formula is C18H32N6O9. The summed E-state index contributed by atoms with van der Waals surface area (Å²) in [4.78, 5) is 70.1. The lowest BCUT2D eigenvalue weighted by atomic mass is 10.1. The van der Waals surface area contributed by atoms with Crippen molar-refractivity contribution in [3.8, 4) is 0 Å². The van der Waals surface area contributed by atoms with Crippen LogP contribution in [0.5, 0.6) is 0 Å². The van der Waals surface area contributed by atoms with Gasteiger partial charge in [0, 0.05) is 6.42 Å². The number of hydrogen-bond acceptors (Lipinski definition) is 9. The van der Waals surface area contributed by atoms with E-state index in [0.29, 0.717) is 19.4 Å². The minimum absolute atomic E-state index is 0.237. The maximum absolute atomic E-state index is 12.6. The van der Waals surface area contributed by atoms with E-state index >= 15 is 0 Å². The monoisotopic (exact) mass is 476 g/mol. The topological polar surface area (TPSA) is 277 Å². The largest absolute Gasteiger partial charge is 0.481 e. The van der Waals surface area contributed by atoms with Gasteiger partial charge in [-0.05, 0) is 25.8 Å². The molecule has 188 valence electrons. The third-order valence-electron chi connectivity index (χ3n) is 4.43. The van der Waals surface area contributed by atoms with Crippen LogP contribution in [0.25, 0.3) is 0 Å². The first-order valence-electron chi connectivity index (χ1n) is 10.1. The number of primary amides is 1. The van der Waals surface area contributed by atoms with Crippen molar-refractivity contribution in [3.63, 3.8) is 0 Å². The molecule has 0 aromatic heterocycles. The van der Waals surface area contributed by atoms with Gasteiger partial charge in [0.25, 0.3) is 0 Å². The first-order chi connectivity index (χ1) is 15.4. The number of amides is 4. The van der Waals surface area contributed by atoms with Crippen LogP contribution >= 0.6 is 0 Å². The van der Waals surface area contributed by atoms with Crippen LogP contribution in [-0.2, 0) is 28.8 Å². The first-order valence-corrected chi connectivity index (χ1v) is 10.1. The van der Waals surface area contributed by atoms with Gasteiger partial charge in [-0.25, -0.2) is 4.79 Å². The van der Waals surface area contributed by atoms with Crippen LogP contribution in [0.15, 0.2) is 0 Å². The minimum Gasteiger partial charge on any atom is -0.481 e. The van der Waals surface area contributed by atoms with Crippen LogP contribution in [-0.4, -0.2) is 88.2 Å². The van der Waals surface area contributed by atoms with Gasteiger partial charge in [0.05, 0.1) is 19.1 Å². The lowest BCUT2D eigenvalue weighted by Gasteiger charge is -2.24. The number of unbranched alkanes of at least 4 members (excludes halogenated alkanes) is 1. The Morgan fingerprint density at radius 3 is 1.82 bits per heavy atom. The molecule has 15 nitrogen and oxygen atoms in total. The van der Waals surface area contributed by atoms with E-state index in [-0.39, 0.29) is 19.3 Å². The van der Waals surface area contributed by atoms with Crippen molar-refractivity contribution in [3.05, 3.63) is 0 Å². The molecule has 0 aliphatic carbocycles. The molecule has 4 unspecified atom stereocenters. The first kappa shape index (κ1) is 29.7. The second-order valence-corrected chi connectivity index (χ2v) is 7.20. The van der Waals surface area contributed by atoms with Gasteiger partial charge in [-0.1, -0.05) is 6.42 Å². The second-order valence-electron chi connectivity index (χ2n) is 7.20. The van der Waals surface area contributed by atoms with Gasteiger partial charge in [0.2, 0.25) is 23.6 Å². The number of rotatable bonds is 17. The van der Waals surface area contributed by atoms with Gasteiger partial charge in [-0.3, -0.25) is 24.0 Å². The summed E-state index contributed by atoms with van der Waals surface area (Å²) in [6.07, 6.45) is 0.0209. The Balaban J connectivity index is 5.25. The van der Waals surface area contributed by atoms with Crippen molar-refractivity contribution in [1.82, 2.24) is 16.0 Å². The number of aliphatic hydroxyl groups is 1. The van der Waals surface area contributed by atoms with Crippen molar-refractivity contribution in [2.45, 2.75) is 62.7 Å². The van der Waals surface area contributed by atoms with Crippen molar-refractivity contribution in [2.24, 2.45) is 17.2 Å². The van der Waals surface area contributed by atoms with Gasteiger partial charge >= 0.3 is 11.9 Å². The molecule has 0 radical (unpaired) electrons. The van der Waals surface area contributed by atoms with Crippen LogP contribution in [0.2, 0.25) is 0 Å². The summed E-state index contributed by atoms with van der Waals surface area (Å²) in [7, 11) is 0. The number of carbonyl (C=O) groups is 6. The van der Waals surface area contributed by atoms with Crippen molar-refractivity contribution in [2.75, 3.05) is 13.2 Å². The van der Waals surface area contributed by atoms with Gasteiger partial charge < -0.3 is 48.5 Å². The predicted octanol–water partition coefficient (Wildman–Crippen LogP) is -4.29. The van der Waals surface area contributed by atoms with Crippen molar-refractivity contribution < 1.29 is 44.1 Å². The van der Waals surface area contributed by atoms with Gasteiger partial charge in [0.15, 0.2) is 0 Å². The molecule has 4 amide bonds. The molecular weight excluding hydrogens is 444 g/mol. The van der Waals surface area contributed by atoms with E-state index in [4.69, 9.17) is 27.4 Å². The van der Waals surface area contributed by atoms with E-state index in [1.54, 1.807) is 0 Å². The number of carbonyl (C=O) groups excluding carboxylic acids is 4. The van der Waals surface area contributed by atoms with Crippen molar-refractivity contribution in [1.29, 1.82) is 0 Å². The summed E-state index contributed by atoms with van der Waals surface area (Å²) in [6, 6.07) is -5.79. The normalized spacial score (nSPS) is 14.3. The predicted molar refractivity (Wildman–Crippen MR) is 112 cm³/mol. The Bertz CT molecular complexity index is 718. The maximum atomic E-state index is 12.6. The molecule has 0 aromatic carbocycles. The number of carboxylic acid groups (broad SMARTS) is 2. The van der Waals surface area contributed by atoms with Crippen molar-refractivity contribution >= 4 is 35.6 Å². The number of nitrogens with two attached hydrogens (primary N) is 3. The second kappa shape index (κ2) is 15.5. The standard InChI is InChI=1S/C18H32N6O9/c19-6-2-1-3-9(20)15(29)22-10(4-5-13(21)26)16(30)24-12(8-25)17(31)23-11(18(32)33)7-14(27)28/h9-12,25H,1-8,19-20H2,(H2,21,26)(H,22,29)(H,23,31)(H,24,30)(H,27,28)(H,32,33). The van der Waals surface area contributed by atoms with E-state index in [0.717, 1.165) is 0 Å². The van der Waals surface area contributed by atoms with Gasteiger partial charge in [-0.15, -0.1) is 0 Å². The van der Waals surface area contributed by atoms with Gasteiger partial charge in [0.1, 0.15) is 18.1 Å². The number of aliphatic carboxylic acids is 2. The SMILES string of the molecule is NCCCCC(N)C(=O)NC(CCC(N)=O)C(=O)NC(CO)C(=O)NC(CC(=O)O)C(=O)O. The number of aliphatic hydroxyl groups excluding tert-OH is 1. The fraction of sp³-hybridized carbons (Fsp3) is 0.667. The molecule has 0 saturated heterocycles. The van der Waals surface area contributed by atoms with E-state index in [2.05, 4.69) is 10.6 Å². The Hall–Kier alpha value is -3.30. The van der Waals surface area contributed by atoms with Crippen LogP contribution in [0.3, 0.4) is 0 Å². The summed E-state index contributed by atoms with van der Waals surface area (Å²) in [5, 5.41) is 33.5. The zero-order valence-electron chi connectivity index (χ0n) is 18.0. The van der Waals surface area contributed by atoms with Crippen LogP contribution in [0.4, 0.5) is 0 Å². The average Bonchev–Trinajstić information content (AvgIpc) is 2.73. The fourth-order valence-electron chi connectivity index (χ4n) is 2.59. The van der Waals surface area contributed by atoms with E-state index < -0.39 is 72.8 Å². The number of carboxylic acids is 2. The molecule has 0 spiro atoms.